The molecule has 2 heteroatoms. The molecule has 106 valence electrons. The first-order chi connectivity index (χ1) is 9.29. The molecular weight excluding hydrogens is 298 g/mol. The van der Waals surface area contributed by atoms with Crippen LogP contribution in [0.1, 0.15) is 50.5 Å². The van der Waals surface area contributed by atoms with E-state index in [4.69, 9.17) is 0 Å². The second kappa shape index (κ2) is 8.06. The normalized spacial score (nSPS) is 18.4. The molecule has 19 heavy (non-hydrogen) atoms. The summed E-state index contributed by atoms with van der Waals surface area (Å²) in [5.74, 6) is 0.990. The third-order valence-corrected chi connectivity index (χ3v) is 5.25. The summed E-state index contributed by atoms with van der Waals surface area (Å²) in [7, 11) is 2.10. The lowest BCUT2D eigenvalue weighted by Crippen LogP contribution is -2.28. The van der Waals surface area contributed by atoms with Crippen LogP contribution in [0.5, 0.6) is 0 Å². The van der Waals surface area contributed by atoms with Crippen LogP contribution in [0.4, 0.5) is 0 Å². The number of benzene rings is 1. The van der Waals surface area contributed by atoms with E-state index in [9.17, 15) is 0 Å². The van der Waals surface area contributed by atoms with Crippen molar-refractivity contribution in [3.63, 3.8) is 0 Å². The maximum atomic E-state index is 3.65. The Bertz CT molecular complexity index is 371. The first kappa shape index (κ1) is 15.1. The molecule has 2 rings (SSSR count). The highest BCUT2D eigenvalue weighted by Crippen LogP contribution is 2.28. The van der Waals surface area contributed by atoms with Crippen LogP contribution in [0.25, 0.3) is 0 Å². The van der Waals surface area contributed by atoms with Crippen LogP contribution in [0.2, 0.25) is 0 Å². The van der Waals surface area contributed by atoms with Crippen molar-refractivity contribution >= 4 is 15.9 Å². The minimum absolute atomic E-state index is 0.612. The predicted octanol–water partition coefficient (Wildman–Crippen LogP) is 4.94. The molecule has 1 nitrogen and oxygen atoms in total. The van der Waals surface area contributed by atoms with Gasteiger partial charge in [-0.2, -0.15) is 0 Å². The summed E-state index contributed by atoms with van der Waals surface area (Å²) in [5, 5.41) is 3.50. The third kappa shape index (κ3) is 4.92. The fourth-order valence-corrected chi connectivity index (χ4v) is 3.64. The molecule has 1 fully saturated rings. The van der Waals surface area contributed by atoms with Gasteiger partial charge in [-0.1, -0.05) is 66.2 Å². The van der Waals surface area contributed by atoms with Crippen molar-refractivity contribution in [2.75, 3.05) is 7.05 Å². The Hall–Kier alpha value is -0.340. The molecular formula is C17H26BrN. The fourth-order valence-electron chi connectivity index (χ4n) is 3.19. The van der Waals surface area contributed by atoms with Gasteiger partial charge in [0.25, 0.3) is 0 Å². The van der Waals surface area contributed by atoms with Gasteiger partial charge in [0, 0.05) is 10.5 Å². The van der Waals surface area contributed by atoms with Crippen molar-refractivity contribution in [1.29, 1.82) is 0 Å². The van der Waals surface area contributed by atoms with Crippen molar-refractivity contribution in [1.82, 2.24) is 5.32 Å². The zero-order chi connectivity index (χ0) is 13.5. The Morgan fingerprint density at radius 1 is 1.21 bits per heavy atom. The highest BCUT2D eigenvalue weighted by Gasteiger charge is 2.16. The Balaban J connectivity index is 1.81. The molecule has 0 saturated heterocycles. The zero-order valence-electron chi connectivity index (χ0n) is 12.0. The molecule has 0 heterocycles. The molecule has 0 aliphatic heterocycles. The number of halogens is 1. The van der Waals surface area contributed by atoms with E-state index in [1.165, 1.54) is 55.0 Å². The minimum Gasteiger partial charge on any atom is -0.317 e. The van der Waals surface area contributed by atoms with Gasteiger partial charge < -0.3 is 5.32 Å². The molecule has 0 radical (unpaired) electrons. The minimum atomic E-state index is 0.612. The Labute approximate surface area is 126 Å². The summed E-state index contributed by atoms with van der Waals surface area (Å²) in [6, 6.07) is 9.21. The highest BCUT2D eigenvalue weighted by molar-refractivity contribution is 9.10. The average Bonchev–Trinajstić information content (AvgIpc) is 2.46. The molecule has 0 spiro atoms. The molecule has 1 aromatic carbocycles. The maximum Gasteiger partial charge on any atom is 0.0207 e. The average molecular weight is 324 g/mol. The first-order valence-electron chi connectivity index (χ1n) is 7.70. The number of hydrogen-bond acceptors (Lipinski definition) is 1. The second-order valence-corrected chi connectivity index (χ2v) is 6.72. The van der Waals surface area contributed by atoms with E-state index < -0.39 is 0 Å². The van der Waals surface area contributed by atoms with Crippen LogP contribution < -0.4 is 5.32 Å². The van der Waals surface area contributed by atoms with Gasteiger partial charge in [0.05, 0.1) is 0 Å². The van der Waals surface area contributed by atoms with Gasteiger partial charge >= 0.3 is 0 Å². The number of rotatable bonds is 6. The van der Waals surface area contributed by atoms with Crippen LogP contribution in [-0.4, -0.2) is 13.1 Å². The molecule has 0 aromatic heterocycles. The van der Waals surface area contributed by atoms with Crippen molar-refractivity contribution < 1.29 is 0 Å². The summed E-state index contributed by atoms with van der Waals surface area (Å²) in [5.41, 5.74) is 1.42. The molecule has 0 bridgehead atoms. The Morgan fingerprint density at radius 2 is 1.95 bits per heavy atom. The van der Waals surface area contributed by atoms with Crippen LogP contribution in [0.15, 0.2) is 28.7 Å². The van der Waals surface area contributed by atoms with E-state index in [1.54, 1.807) is 0 Å². The maximum absolute atomic E-state index is 3.65. The number of nitrogens with one attached hydrogen (secondary N) is 1. The van der Waals surface area contributed by atoms with E-state index in [0.717, 1.165) is 12.3 Å². The molecule has 1 aliphatic carbocycles. The lowest BCUT2D eigenvalue weighted by atomic mass is 9.84. The van der Waals surface area contributed by atoms with Crippen LogP contribution in [-0.2, 0) is 6.42 Å². The van der Waals surface area contributed by atoms with Crippen LogP contribution in [0.3, 0.4) is 0 Å². The van der Waals surface area contributed by atoms with Gasteiger partial charge in [-0.3, -0.25) is 0 Å². The highest BCUT2D eigenvalue weighted by atomic mass is 79.9. The summed E-state index contributed by atoms with van der Waals surface area (Å²) >= 11 is 3.65. The van der Waals surface area contributed by atoms with Crippen LogP contribution in [0, 0.1) is 5.92 Å². The van der Waals surface area contributed by atoms with Crippen molar-refractivity contribution in [2.24, 2.45) is 5.92 Å². The van der Waals surface area contributed by atoms with Gasteiger partial charge in [-0.15, -0.1) is 0 Å². The van der Waals surface area contributed by atoms with Gasteiger partial charge in [0.2, 0.25) is 0 Å². The predicted molar refractivity (Wildman–Crippen MR) is 86.5 cm³/mol. The summed E-state index contributed by atoms with van der Waals surface area (Å²) in [4.78, 5) is 0. The SMILES string of the molecule is CNC(CCC1CCCCC1)Cc1ccccc1Br. The van der Waals surface area contributed by atoms with Gasteiger partial charge in [-0.25, -0.2) is 0 Å². The van der Waals surface area contributed by atoms with E-state index >= 15 is 0 Å². The van der Waals surface area contributed by atoms with E-state index in [1.807, 2.05) is 0 Å². The zero-order valence-corrected chi connectivity index (χ0v) is 13.6. The molecule has 1 atom stereocenters. The standard InChI is InChI=1S/C17H26BrN/c1-19-16(12-11-14-7-3-2-4-8-14)13-15-9-5-6-10-17(15)18/h5-6,9-10,14,16,19H,2-4,7-8,11-13H2,1H3. The largest absolute Gasteiger partial charge is 0.317 e. The van der Waals surface area contributed by atoms with Crippen molar-refractivity contribution in [2.45, 2.75) is 57.4 Å². The van der Waals surface area contributed by atoms with Gasteiger partial charge in [-0.05, 0) is 43.9 Å². The molecule has 1 N–H and O–H groups in total. The molecule has 1 saturated carbocycles. The van der Waals surface area contributed by atoms with Crippen LogP contribution >= 0.6 is 15.9 Å². The van der Waals surface area contributed by atoms with Crippen molar-refractivity contribution in [3.8, 4) is 0 Å². The van der Waals surface area contributed by atoms with Gasteiger partial charge in [0.15, 0.2) is 0 Å². The monoisotopic (exact) mass is 323 g/mol. The Morgan fingerprint density at radius 3 is 2.63 bits per heavy atom. The fraction of sp³-hybridized carbons (Fsp3) is 0.647. The summed E-state index contributed by atoms with van der Waals surface area (Å²) < 4.78 is 1.24. The van der Waals surface area contributed by atoms with Crippen molar-refractivity contribution in [3.05, 3.63) is 34.3 Å². The summed E-state index contributed by atoms with van der Waals surface area (Å²) in [6.07, 6.45) is 11.1. The molecule has 1 aromatic rings. The first-order valence-corrected chi connectivity index (χ1v) is 8.49. The van der Waals surface area contributed by atoms with E-state index in [0.29, 0.717) is 6.04 Å². The number of hydrogen-bond donors (Lipinski definition) is 1. The summed E-state index contributed by atoms with van der Waals surface area (Å²) in [6.45, 7) is 0. The van der Waals surface area contributed by atoms with E-state index in [2.05, 4.69) is 52.6 Å². The second-order valence-electron chi connectivity index (χ2n) is 5.86. The topological polar surface area (TPSA) is 12.0 Å². The third-order valence-electron chi connectivity index (χ3n) is 4.48. The lowest BCUT2D eigenvalue weighted by Gasteiger charge is -2.24. The molecule has 1 unspecified atom stereocenters. The van der Waals surface area contributed by atoms with Gasteiger partial charge in [0.1, 0.15) is 0 Å². The lowest BCUT2D eigenvalue weighted by molar-refractivity contribution is 0.315. The smallest absolute Gasteiger partial charge is 0.0207 e. The Kier molecular flexibility index (Phi) is 6.39. The molecule has 0 amide bonds. The molecule has 1 aliphatic rings. The van der Waals surface area contributed by atoms with E-state index in [-0.39, 0.29) is 0 Å². The quantitative estimate of drug-likeness (QED) is 0.781. The number of likely N-dealkylation sites (N-methyl/N-ethyl adjacent to an activating group) is 1.